The maximum atomic E-state index is 3.17. The smallest absolute Gasteiger partial charge is 0.0202 e. The Morgan fingerprint density at radius 2 is 1.86 bits per heavy atom. The summed E-state index contributed by atoms with van der Waals surface area (Å²) in [4.78, 5) is 0. The molecule has 0 radical (unpaired) electrons. The van der Waals surface area contributed by atoms with Crippen LogP contribution in [0, 0.1) is 0 Å². The summed E-state index contributed by atoms with van der Waals surface area (Å²) < 4.78 is 0. The standard InChI is InChI=1S/C13H19N/c1-3-13(8-9-13)12-6-4-11(5-7-12)10-14-2/h4-7,14H,3,8-10H2,1-2H3. The van der Waals surface area contributed by atoms with E-state index in [1.54, 1.807) is 5.56 Å². The lowest BCUT2D eigenvalue weighted by atomic mass is 9.92. The average Bonchev–Trinajstić information content (AvgIpc) is 3.00. The van der Waals surface area contributed by atoms with Gasteiger partial charge in [-0.3, -0.25) is 0 Å². The Hall–Kier alpha value is -0.820. The Kier molecular flexibility index (Phi) is 2.60. The Morgan fingerprint density at radius 3 is 2.29 bits per heavy atom. The van der Waals surface area contributed by atoms with Gasteiger partial charge < -0.3 is 5.32 Å². The van der Waals surface area contributed by atoms with Crippen LogP contribution in [0.2, 0.25) is 0 Å². The van der Waals surface area contributed by atoms with Crippen molar-refractivity contribution in [3.05, 3.63) is 35.4 Å². The van der Waals surface area contributed by atoms with Gasteiger partial charge in [0.25, 0.3) is 0 Å². The Labute approximate surface area is 86.5 Å². The van der Waals surface area contributed by atoms with Crippen LogP contribution in [0.4, 0.5) is 0 Å². The third-order valence-corrected chi connectivity index (χ3v) is 3.48. The molecular weight excluding hydrogens is 170 g/mol. The second-order valence-corrected chi connectivity index (χ2v) is 4.36. The van der Waals surface area contributed by atoms with Crippen molar-refractivity contribution >= 4 is 0 Å². The van der Waals surface area contributed by atoms with Crippen LogP contribution in [-0.2, 0) is 12.0 Å². The fourth-order valence-electron chi connectivity index (χ4n) is 2.18. The highest BCUT2D eigenvalue weighted by molar-refractivity contribution is 5.33. The van der Waals surface area contributed by atoms with E-state index < -0.39 is 0 Å². The van der Waals surface area contributed by atoms with Gasteiger partial charge in [-0.05, 0) is 42.9 Å². The Bertz CT molecular complexity index is 296. The molecule has 1 aliphatic rings. The van der Waals surface area contributed by atoms with Crippen LogP contribution in [0.5, 0.6) is 0 Å². The molecular formula is C13H19N. The first-order chi connectivity index (χ1) is 6.80. The molecule has 2 rings (SSSR count). The molecule has 1 heteroatoms. The molecule has 0 aromatic heterocycles. The largest absolute Gasteiger partial charge is 0.316 e. The molecule has 1 aromatic carbocycles. The highest BCUT2D eigenvalue weighted by Crippen LogP contribution is 2.50. The van der Waals surface area contributed by atoms with Crippen molar-refractivity contribution in [1.29, 1.82) is 0 Å². The number of hydrogen-bond donors (Lipinski definition) is 1. The zero-order valence-corrected chi connectivity index (χ0v) is 9.14. The fourth-order valence-corrected chi connectivity index (χ4v) is 2.18. The maximum Gasteiger partial charge on any atom is 0.0202 e. The predicted molar refractivity (Wildman–Crippen MR) is 60.4 cm³/mol. The first-order valence-corrected chi connectivity index (χ1v) is 5.55. The van der Waals surface area contributed by atoms with E-state index in [-0.39, 0.29) is 0 Å². The summed E-state index contributed by atoms with van der Waals surface area (Å²) >= 11 is 0. The number of rotatable bonds is 4. The maximum absolute atomic E-state index is 3.17. The minimum absolute atomic E-state index is 0.554. The van der Waals surface area contributed by atoms with Gasteiger partial charge in [-0.1, -0.05) is 31.2 Å². The molecule has 0 unspecified atom stereocenters. The van der Waals surface area contributed by atoms with E-state index in [4.69, 9.17) is 0 Å². The van der Waals surface area contributed by atoms with Gasteiger partial charge in [0.2, 0.25) is 0 Å². The summed E-state index contributed by atoms with van der Waals surface area (Å²) in [7, 11) is 1.99. The quantitative estimate of drug-likeness (QED) is 0.768. The molecule has 0 spiro atoms. The van der Waals surface area contributed by atoms with E-state index in [0.717, 1.165) is 6.54 Å². The van der Waals surface area contributed by atoms with Gasteiger partial charge in [-0.2, -0.15) is 0 Å². The monoisotopic (exact) mass is 189 g/mol. The highest BCUT2D eigenvalue weighted by Gasteiger charge is 2.41. The summed E-state index contributed by atoms with van der Waals surface area (Å²) in [6.07, 6.45) is 4.06. The van der Waals surface area contributed by atoms with Crippen molar-refractivity contribution in [1.82, 2.24) is 5.32 Å². The van der Waals surface area contributed by atoms with Gasteiger partial charge in [0.05, 0.1) is 0 Å². The Morgan fingerprint density at radius 1 is 1.21 bits per heavy atom. The SMILES string of the molecule is CCC1(c2ccc(CNC)cc2)CC1. The topological polar surface area (TPSA) is 12.0 Å². The summed E-state index contributed by atoms with van der Waals surface area (Å²) in [6, 6.07) is 9.12. The van der Waals surface area contributed by atoms with E-state index in [9.17, 15) is 0 Å². The third kappa shape index (κ3) is 1.69. The predicted octanol–water partition coefficient (Wildman–Crippen LogP) is 2.85. The third-order valence-electron chi connectivity index (χ3n) is 3.48. The molecule has 0 bridgehead atoms. The molecule has 0 heterocycles. The number of nitrogens with one attached hydrogen (secondary N) is 1. The van der Waals surface area contributed by atoms with Crippen LogP contribution in [0.1, 0.15) is 37.3 Å². The zero-order valence-electron chi connectivity index (χ0n) is 9.14. The molecule has 1 aliphatic carbocycles. The lowest BCUT2D eigenvalue weighted by Crippen LogP contribution is -2.07. The van der Waals surface area contributed by atoms with Crippen molar-refractivity contribution in [3.8, 4) is 0 Å². The van der Waals surface area contributed by atoms with Gasteiger partial charge >= 0.3 is 0 Å². The molecule has 0 saturated heterocycles. The molecule has 0 amide bonds. The van der Waals surface area contributed by atoms with Crippen LogP contribution in [0.25, 0.3) is 0 Å². The van der Waals surface area contributed by atoms with E-state index >= 15 is 0 Å². The Balaban J connectivity index is 2.14. The van der Waals surface area contributed by atoms with Gasteiger partial charge in [0, 0.05) is 6.54 Å². The van der Waals surface area contributed by atoms with Gasteiger partial charge in [-0.15, -0.1) is 0 Å². The number of hydrogen-bond acceptors (Lipinski definition) is 1. The molecule has 0 aliphatic heterocycles. The molecule has 1 fully saturated rings. The van der Waals surface area contributed by atoms with Crippen molar-refractivity contribution in [2.45, 2.75) is 38.1 Å². The first kappa shape index (κ1) is 9.72. The van der Waals surface area contributed by atoms with Crippen molar-refractivity contribution in [2.75, 3.05) is 7.05 Å². The summed E-state index contributed by atoms with van der Waals surface area (Å²) in [6.45, 7) is 3.27. The normalized spacial score (nSPS) is 18.1. The molecule has 1 saturated carbocycles. The lowest BCUT2D eigenvalue weighted by molar-refractivity contribution is 0.663. The summed E-state index contributed by atoms with van der Waals surface area (Å²) in [5.41, 5.74) is 3.47. The van der Waals surface area contributed by atoms with Gasteiger partial charge in [0.1, 0.15) is 0 Å². The van der Waals surface area contributed by atoms with Crippen LogP contribution >= 0.6 is 0 Å². The molecule has 76 valence electrons. The van der Waals surface area contributed by atoms with E-state index in [2.05, 4.69) is 36.5 Å². The van der Waals surface area contributed by atoms with Crippen molar-refractivity contribution in [3.63, 3.8) is 0 Å². The van der Waals surface area contributed by atoms with Crippen LogP contribution in [-0.4, -0.2) is 7.05 Å². The second kappa shape index (κ2) is 3.74. The first-order valence-electron chi connectivity index (χ1n) is 5.55. The van der Waals surface area contributed by atoms with Gasteiger partial charge in [0.15, 0.2) is 0 Å². The van der Waals surface area contributed by atoms with E-state index in [1.165, 1.54) is 24.8 Å². The van der Waals surface area contributed by atoms with Crippen LogP contribution < -0.4 is 5.32 Å². The minimum atomic E-state index is 0.554. The highest BCUT2D eigenvalue weighted by atomic mass is 14.8. The van der Waals surface area contributed by atoms with E-state index in [0.29, 0.717) is 5.41 Å². The molecule has 1 aromatic rings. The summed E-state index contributed by atoms with van der Waals surface area (Å²) in [5.74, 6) is 0. The summed E-state index contributed by atoms with van der Waals surface area (Å²) in [5, 5.41) is 3.17. The molecule has 14 heavy (non-hydrogen) atoms. The molecule has 1 nitrogen and oxygen atoms in total. The minimum Gasteiger partial charge on any atom is -0.316 e. The van der Waals surface area contributed by atoms with Crippen LogP contribution in [0.3, 0.4) is 0 Å². The van der Waals surface area contributed by atoms with Crippen molar-refractivity contribution in [2.24, 2.45) is 0 Å². The number of benzene rings is 1. The second-order valence-electron chi connectivity index (χ2n) is 4.36. The molecule has 0 atom stereocenters. The zero-order chi connectivity index (χ0) is 10.0. The van der Waals surface area contributed by atoms with E-state index in [1.807, 2.05) is 7.05 Å². The average molecular weight is 189 g/mol. The lowest BCUT2D eigenvalue weighted by Gasteiger charge is -2.13. The fraction of sp³-hybridized carbons (Fsp3) is 0.538. The van der Waals surface area contributed by atoms with Crippen LogP contribution in [0.15, 0.2) is 24.3 Å². The van der Waals surface area contributed by atoms with Gasteiger partial charge in [-0.25, -0.2) is 0 Å². The van der Waals surface area contributed by atoms with Crippen molar-refractivity contribution < 1.29 is 0 Å². The molecule has 1 N–H and O–H groups in total.